The van der Waals surface area contributed by atoms with Crippen LogP contribution in [0.25, 0.3) is 22.8 Å². The van der Waals surface area contributed by atoms with Crippen molar-refractivity contribution >= 4 is 34.7 Å². The van der Waals surface area contributed by atoms with Crippen LogP contribution < -0.4 is 10.1 Å². The zero-order chi connectivity index (χ0) is 24.1. The second kappa shape index (κ2) is 9.99. The molecule has 1 N–H and O–H groups in total. The Hall–Kier alpha value is -4.46. The van der Waals surface area contributed by atoms with E-state index in [-0.39, 0.29) is 18.0 Å². The van der Waals surface area contributed by atoms with Crippen molar-refractivity contribution in [1.82, 2.24) is 14.8 Å². The number of fused-ring (bicyclic) bond motifs is 1. The Morgan fingerprint density at radius 2 is 1.88 bits per heavy atom. The van der Waals surface area contributed by atoms with Crippen LogP contribution in [-0.4, -0.2) is 40.4 Å². The van der Waals surface area contributed by atoms with Crippen molar-refractivity contribution in [3.8, 4) is 11.6 Å². The number of benzene rings is 2. The first-order chi connectivity index (χ1) is 16.5. The molecule has 0 aliphatic rings. The summed E-state index contributed by atoms with van der Waals surface area (Å²) in [7, 11) is 1.59. The molecule has 34 heavy (non-hydrogen) atoms. The van der Waals surface area contributed by atoms with Crippen molar-refractivity contribution in [2.75, 3.05) is 19.0 Å². The molecule has 2 aromatic heterocycles. The molecule has 2 aromatic carbocycles. The number of hydrogen-bond donors (Lipinski definition) is 1. The number of aryl methyl sites for hydroxylation is 1. The molecular formula is C26H24N4O4. The van der Waals surface area contributed by atoms with Gasteiger partial charge in [0.1, 0.15) is 11.3 Å². The molecule has 0 saturated heterocycles. The number of nitrogens with zero attached hydrogens (tertiary/aromatic N) is 3. The van der Waals surface area contributed by atoms with Gasteiger partial charge in [0, 0.05) is 11.5 Å². The predicted molar refractivity (Wildman–Crippen MR) is 130 cm³/mol. The van der Waals surface area contributed by atoms with Crippen molar-refractivity contribution in [3.63, 3.8) is 0 Å². The van der Waals surface area contributed by atoms with Crippen LogP contribution in [0.2, 0.25) is 0 Å². The Morgan fingerprint density at radius 3 is 2.62 bits per heavy atom. The summed E-state index contributed by atoms with van der Waals surface area (Å²) in [5.74, 6) is 0.371. The number of rotatable bonds is 7. The summed E-state index contributed by atoms with van der Waals surface area (Å²) < 4.78 is 11.7. The van der Waals surface area contributed by atoms with Crippen molar-refractivity contribution in [1.29, 1.82) is 0 Å². The maximum atomic E-state index is 12.8. The van der Waals surface area contributed by atoms with Crippen molar-refractivity contribution < 1.29 is 19.1 Å². The van der Waals surface area contributed by atoms with Crippen LogP contribution in [0, 0.1) is 6.92 Å². The van der Waals surface area contributed by atoms with Crippen LogP contribution >= 0.6 is 0 Å². The molecule has 0 unspecified atom stereocenters. The highest BCUT2D eigenvalue weighted by molar-refractivity contribution is 6.05. The fourth-order valence-electron chi connectivity index (χ4n) is 3.49. The van der Waals surface area contributed by atoms with Gasteiger partial charge in [0.25, 0.3) is 0 Å². The molecule has 0 aliphatic carbocycles. The van der Waals surface area contributed by atoms with E-state index in [1.807, 2.05) is 49.4 Å². The van der Waals surface area contributed by atoms with Crippen LogP contribution in [0.4, 0.5) is 5.82 Å². The molecule has 4 rings (SSSR count). The van der Waals surface area contributed by atoms with E-state index in [0.29, 0.717) is 5.82 Å². The van der Waals surface area contributed by atoms with Gasteiger partial charge in [0.05, 0.1) is 25.4 Å². The van der Waals surface area contributed by atoms with E-state index in [9.17, 15) is 9.59 Å². The Balaban J connectivity index is 1.68. The summed E-state index contributed by atoms with van der Waals surface area (Å²) in [4.78, 5) is 30.0. The average molecular weight is 457 g/mol. The van der Waals surface area contributed by atoms with Crippen LogP contribution in [-0.2, 0) is 9.53 Å². The van der Waals surface area contributed by atoms with E-state index < -0.39 is 11.9 Å². The van der Waals surface area contributed by atoms with Gasteiger partial charge in [-0.1, -0.05) is 30.3 Å². The molecule has 0 aliphatic heterocycles. The molecule has 2 heterocycles. The molecule has 0 spiro atoms. The van der Waals surface area contributed by atoms with Gasteiger partial charge in [-0.3, -0.25) is 4.79 Å². The van der Waals surface area contributed by atoms with Crippen LogP contribution in [0.5, 0.6) is 5.75 Å². The normalized spacial score (nSPS) is 11.0. The van der Waals surface area contributed by atoms with E-state index in [0.717, 1.165) is 27.8 Å². The van der Waals surface area contributed by atoms with Crippen molar-refractivity contribution in [3.05, 3.63) is 83.6 Å². The van der Waals surface area contributed by atoms with E-state index in [4.69, 9.17) is 9.47 Å². The summed E-state index contributed by atoms with van der Waals surface area (Å²) in [5.41, 5.74) is 2.73. The second-order valence-electron chi connectivity index (χ2n) is 7.45. The molecule has 8 heteroatoms. The highest BCUT2D eigenvalue weighted by atomic mass is 16.5. The van der Waals surface area contributed by atoms with E-state index in [2.05, 4.69) is 15.4 Å². The number of aromatic nitrogens is 3. The SMILES string of the molecule is CCOC(=O)c1cnn(-c2cc(C)c3ccccc3n2)c1NC(=O)/C=C/c1ccc(OC)cc1. The fourth-order valence-corrected chi connectivity index (χ4v) is 3.49. The fraction of sp³-hybridized carbons (Fsp3) is 0.154. The summed E-state index contributed by atoms with van der Waals surface area (Å²) in [6, 6.07) is 16.9. The average Bonchev–Trinajstić information content (AvgIpc) is 3.26. The molecule has 0 radical (unpaired) electrons. The number of anilines is 1. The zero-order valence-electron chi connectivity index (χ0n) is 19.1. The smallest absolute Gasteiger partial charge is 0.343 e. The molecule has 172 valence electrons. The minimum atomic E-state index is -0.583. The lowest BCUT2D eigenvalue weighted by molar-refractivity contribution is -0.111. The second-order valence-corrected chi connectivity index (χ2v) is 7.45. The molecule has 0 atom stereocenters. The number of nitrogens with one attached hydrogen (secondary N) is 1. The molecule has 1 amide bonds. The maximum absolute atomic E-state index is 12.8. The van der Waals surface area contributed by atoms with E-state index >= 15 is 0 Å². The highest BCUT2D eigenvalue weighted by Gasteiger charge is 2.22. The Bertz CT molecular complexity index is 1370. The zero-order valence-corrected chi connectivity index (χ0v) is 19.1. The standard InChI is InChI=1S/C26H24N4O4/c1-4-34-26(32)21-16-27-30(23-15-17(2)20-7-5-6-8-22(20)28-23)25(21)29-24(31)14-11-18-9-12-19(33-3)13-10-18/h5-16H,4H2,1-3H3,(H,29,31)/b14-11+. The number of carbonyl (C=O) groups excluding carboxylic acids is 2. The topological polar surface area (TPSA) is 95.3 Å². The number of para-hydroxylation sites is 1. The number of esters is 1. The first-order valence-electron chi connectivity index (χ1n) is 10.7. The van der Waals surface area contributed by atoms with Gasteiger partial charge in [0.2, 0.25) is 5.91 Å². The van der Waals surface area contributed by atoms with Crippen molar-refractivity contribution in [2.24, 2.45) is 0 Å². The Kier molecular flexibility index (Phi) is 6.68. The van der Waals surface area contributed by atoms with Gasteiger partial charge in [0.15, 0.2) is 11.6 Å². The quantitative estimate of drug-likeness (QED) is 0.323. The third-order valence-corrected chi connectivity index (χ3v) is 5.18. The molecule has 0 bridgehead atoms. The first kappa shape index (κ1) is 22.7. The highest BCUT2D eigenvalue weighted by Crippen LogP contribution is 2.24. The van der Waals surface area contributed by atoms with E-state index in [1.54, 1.807) is 32.2 Å². The summed E-state index contributed by atoms with van der Waals surface area (Å²) >= 11 is 0. The van der Waals surface area contributed by atoms with Gasteiger partial charge in [-0.25, -0.2) is 9.78 Å². The molecule has 8 nitrogen and oxygen atoms in total. The summed E-state index contributed by atoms with van der Waals surface area (Å²) in [6.07, 6.45) is 4.41. The number of hydrogen-bond acceptors (Lipinski definition) is 6. The number of amides is 1. The summed E-state index contributed by atoms with van der Waals surface area (Å²) in [6.45, 7) is 3.88. The Labute approximate surface area is 196 Å². The maximum Gasteiger partial charge on any atom is 0.343 e. The van der Waals surface area contributed by atoms with Crippen molar-refractivity contribution in [2.45, 2.75) is 13.8 Å². The lowest BCUT2D eigenvalue weighted by Gasteiger charge is -2.11. The molecule has 0 fully saturated rings. The van der Waals surface area contributed by atoms with Crippen LogP contribution in [0.3, 0.4) is 0 Å². The van der Waals surface area contributed by atoms with Gasteiger partial charge in [-0.05, 0) is 55.3 Å². The van der Waals surface area contributed by atoms with Gasteiger partial charge in [-0.2, -0.15) is 9.78 Å². The lowest BCUT2D eigenvalue weighted by atomic mass is 10.1. The minimum Gasteiger partial charge on any atom is -0.497 e. The van der Waals surface area contributed by atoms with Crippen LogP contribution in [0.15, 0.2) is 66.9 Å². The lowest BCUT2D eigenvalue weighted by Crippen LogP contribution is -2.16. The van der Waals surface area contributed by atoms with Crippen LogP contribution in [0.1, 0.15) is 28.4 Å². The molecule has 0 saturated carbocycles. The van der Waals surface area contributed by atoms with Gasteiger partial charge in [-0.15, -0.1) is 0 Å². The number of methoxy groups -OCH3 is 1. The molecule has 4 aromatic rings. The number of carbonyl (C=O) groups is 2. The third kappa shape index (κ3) is 4.80. The largest absolute Gasteiger partial charge is 0.497 e. The van der Waals surface area contributed by atoms with E-state index in [1.165, 1.54) is 17.0 Å². The first-order valence-corrected chi connectivity index (χ1v) is 10.7. The summed E-state index contributed by atoms with van der Waals surface area (Å²) in [5, 5.41) is 8.11. The minimum absolute atomic E-state index is 0.139. The number of ether oxygens (including phenoxy) is 2. The monoisotopic (exact) mass is 456 g/mol. The van der Waals surface area contributed by atoms with Gasteiger partial charge < -0.3 is 14.8 Å². The molecular weight excluding hydrogens is 432 g/mol. The Morgan fingerprint density at radius 1 is 1.12 bits per heavy atom. The van der Waals surface area contributed by atoms with Gasteiger partial charge >= 0.3 is 5.97 Å². The number of pyridine rings is 1. The predicted octanol–water partition coefficient (Wildman–Crippen LogP) is 4.57. The third-order valence-electron chi connectivity index (χ3n) is 5.18.